The number of thiocarbonyl (C=S) groups is 1. The van der Waals surface area contributed by atoms with Crippen LogP contribution in [0.25, 0.3) is 5.69 Å². The Labute approximate surface area is 181 Å². The van der Waals surface area contributed by atoms with Crippen molar-refractivity contribution in [2.24, 2.45) is 0 Å². The summed E-state index contributed by atoms with van der Waals surface area (Å²) in [6, 6.07) is 18.1. The van der Waals surface area contributed by atoms with Gasteiger partial charge in [0.05, 0.1) is 17.8 Å². The van der Waals surface area contributed by atoms with Crippen LogP contribution in [-0.4, -0.2) is 51.6 Å². The van der Waals surface area contributed by atoms with Crippen molar-refractivity contribution >= 4 is 28.9 Å². The second-order valence-corrected chi connectivity index (χ2v) is 8.23. The van der Waals surface area contributed by atoms with Crippen molar-refractivity contribution in [3.8, 4) is 5.69 Å². The van der Waals surface area contributed by atoms with Crippen LogP contribution in [0.5, 0.6) is 0 Å². The molecule has 4 rings (SSSR count). The fourth-order valence-electron chi connectivity index (χ4n) is 3.77. The predicted molar refractivity (Wildman–Crippen MR) is 121 cm³/mol. The van der Waals surface area contributed by atoms with Crippen LogP contribution in [0.15, 0.2) is 67.0 Å². The Kier molecular flexibility index (Phi) is 5.85. The highest BCUT2D eigenvalue weighted by Gasteiger charge is 2.41. The van der Waals surface area contributed by atoms with E-state index in [4.69, 9.17) is 23.8 Å². The maximum atomic E-state index is 6.26. The van der Waals surface area contributed by atoms with Crippen LogP contribution in [-0.2, 0) is 0 Å². The van der Waals surface area contributed by atoms with Crippen molar-refractivity contribution < 1.29 is 0 Å². The number of nitrogens with one attached hydrogen (secondary N) is 1. The average molecular weight is 426 g/mol. The van der Waals surface area contributed by atoms with Crippen LogP contribution in [0, 0.1) is 0 Å². The summed E-state index contributed by atoms with van der Waals surface area (Å²) in [5.41, 5.74) is 3.16. The second kappa shape index (κ2) is 8.53. The van der Waals surface area contributed by atoms with Gasteiger partial charge in [-0.05, 0) is 68.8 Å². The summed E-state index contributed by atoms with van der Waals surface area (Å²) in [5.74, 6) is 0. The first-order valence-corrected chi connectivity index (χ1v) is 10.4. The van der Waals surface area contributed by atoms with Gasteiger partial charge in [-0.1, -0.05) is 23.7 Å². The van der Waals surface area contributed by atoms with Crippen molar-refractivity contribution in [1.29, 1.82) is 0 Å². The van der Waals surface area contributed by atoms with Gasteiger partial charge in [0.15, 0.2) is 5.11 Å². The Morgan fingerprint density at radius 2 is 2.00 bits per heavy atom. The van der Waals surface area contributed by atoms with Crippen molar-refractivity contribution in [3.63, 3.8) is 0 Å². The molecule has 1 N–H and O–H groups in total. The Morgan fingerprint density at radius 3 is 2.72 bits per heavy atom. The van der Waals surface area contributed by atoms with Crippen LogP contribution in [0.1, 0.15) is 23.5 Å². The standard InChI is InChI=1S/C22H24ClN5S/c1-26(2)13-14-28-21(20(25-22(28)29)18-9-3-4-11-24-18)19-10-6-12-27(19)17-8-5-7-16(23)15-17/h3-12,15,20-21H,13-14H2,1-2H3,(H,25,29). The molecule has 1 saturated heterocycles. The molecule has 2 atom stereocenters. The number of hydrogen-bond donors (Lipinski definition) is 1. The van der Waals surface area contributed by atoms with Gasteiger partial charge in [-0.15, -0.1) is 0 Å². The number of pyridine rings is 1. The molecule has 2 unspecified atom stereocenters. The highest BCUT2D eigenvalue weighted by Crippen LogP contribution is 2.39. The Balaban J connectivity index is 1.78. The average Bonchev–Trinajstić information content (AvgIpc) is 3.31. The van der Waals surface area contributed by atoms with E-state index in [-0.39, 0.29) is 12.1 Å². The molecule has 7 heteroatoms. The molecule has 1 aliphatic heterocycles. The Bertz CT molecular complexity index is 988. The number of benzene rings is 1. The fourth-order valence-corrected chi connectivity index (χ4v) is 4.29. The molecule has 2 aromatic heterocycles. The molecule has 0 bridgehead atoms. The molecule has 3 aromatic rings. The van der Waals surface area contributed by atoms with Gasteiger partial charge in [0.1, 0.15) is 0 Å². The summed E-state index contributed by atoms with van der Waals surface area (Å²) in [4.78, 5) is 9.05. The van der Waals surface area contributed by atoms with Crippen molar-refractivity contribution in [3.05, 3.63) is 83.4 Å². The highest BCUT2D eigenvalue weighted by molar-refractivity contribution is 7.80. The molecule has 0 radical (unpaired) electrons. The molecule has 1 aromatic carbocycles. The minimum absolute atomic E-state index is 0.0198. The second-order valence-electron chi connectivity index (χ2n) is 7.41. The van der Waals surface area contributed by atoms with E-state index < -0.39 is 0 Å². The zero-order chi connectivity index (χ0) is 20.4. The molecule has 5 nitrogen and oxygen atoms in total. The molecule has 29 heavy (non-hydrogen) atoms. The summed E-state index contributed by atoms with van der Waals surface area (Å²) in [6.07, 6.45) is 3.90. The zero-order valence-corrected chi connectivity index (χ0v) is 18.1. The number of nitrogens with zero attached hydrogens (tertiary/aromatic N) is 4. The van der Waals surface area contributed by atoms with Crippen molar-refractivity contribution in [2.75, 3.05) is 27.2 Å². The topological polar surface area (TPSA) is 36.3 Å². The summed E-state index contributed by atoms with van der Waals surface area (Å²) >= 11 is 12.0. The molecule has 0 spiro atoms. The number of aromatic nitrogens is 2. The molecule has 0 saturated carbocycles. The van der Waals surface area contributed by atoms with E-state index in [9.17, 15) is 0 Å². The fraction of sp³-hybridized carbons (Fsp3) is 0.273. The number of rotatable bonds is 6. The first kappa shape index (κ1) is 19.9. The molecule has 1 fully saturated rings. The molecule has 0 aliphatic carbocycles. The van der Waals surface area contributed by atoms with Gasteiger partial charge < -0.3 is 19.7 Å². The number of halogens is 1. The lowest BCUT2D eigenvalue weighted by Crippen LogP contribution is -2.36. The minimum atomic E-state index is -0.0290. The summed E-state index contributed by atoms with van der Waals surface area (Å²) < 4.78 is 2.19. The van der Waals surface area contributed by atoms with E-state index in [0.29, 0.717) is 5.02 Å². The molecular weight excluding hydrogens is 402 g/mol. The number of likely N-dealkylation sites (N-methyl/N-ethyl adjacent to an activating group) is 1. The van der Waals surface area contributed by atoms with E-state index in [0.717, 1.165) is 35.3 Å². The quantitative estimate of drug-likeness (QED) is 0.602. The van der Waals surface area contributed by atoms with Gasteiger partial charge >= 0.3 is 0 Å². The third kappa shape index (κ3) is 4.15. The Hall–Kier alpha value is -2.41. The largest absolute Gasteiger partial charge is 0.352 e. The molecule has 3 heterocycles. The van der Waals surface area contributed by atoms with E-state index in [1.54, 1.807) is 0 Å². The van der Waals surface area contributed by atoms with Gasteiger partial charge in [-0.2, -0.15) is 0 Å². The normalized spacial score (nSPS) is 19.0. The zero-order valence-electron chi connectivity index (χ0n) is 16.5. The van der Waals surface area contributed by atoms with Crippen LogP contribution in [0.2, 0.25) is 5.02 Å². The first-order valence-electron chi connectivity index (χ1n) is 9.60. The van der Waals surface area contributed by atoms with E-state index in [2.05, 4.69) is 69.2 Å². The van der Waals surface area contributed by atoms with Crippen LogP contribution >= 0.6 is 23.8 Å². The summed E-state index contributed by atoms with van der Waals surface area (Å²) in [5, 5.41) is 4.98. The van der Waals surface area contributed by atoms with Crippen LogP contribution in [0.4, 0.5) is 0 Å². The number of hydrogen-bond acceptors (Lipinski definition) is 3. The lowest BCUT2D eigenvalue weighted by Gasteiger charge is -2.29. The third-order valence-corrected chi connectivity index (χ3v) is 5.74. The SMILES string of the molecule is CN(C)CCN1C(=S)NC(c2ccccn2)C1c1cccn1-c1cccc(Cl)c1. The highest BCUT2D eigenvalue weighted by atomic mass is 35.5. The maximum absolute atomic E-state index is 6.26. The van der Waals surface area contributed by atoms with Crippen molar-refractivity contribution in [1.82, 2.24) is 24.7 Å². The van der Waals surface area contributed by atoms with Gasteiger partial charge in [0, 0.05) is 41.9 Å². The van der Waals surface area contributed by atoms with Crippen LogP contribution < -0.4 is 5.32 Å². The molecular formula is C22H24ClN5S. The third-order valence-electron chi connectivity index (χ3n) is 5.16. The first-order chi connectivity index (χ1) is 14.0. The van der Waals surface area contributed by atoms with Gasteiger partial charge in [0.2, 0.25) is 0 Å². The van der Waals surface area contributed by atoms with Gasteiger partial charge in [-0.3, -0.25) is 4.98 Å². The maximum Gasteiger partial charge on any atom is 0.170 e. The van der Waals surface area contributed by atoms with Gasteiger partial charge in [0.25, 0.3) is 0 Å². The lowest BCUT2D eigenvalue weighted by atomic mass is 10.0. The Morgan fingerprint density at radius 1 is 1.14 bits per heavy atom. The summed E-state index contributed by atoms with van der Waals surface area (Å²) in [7, 11) is 4.15. The van der Waals surface area contributed by atoms with Crippen molar-refractivity contribution in [2.45, 2.75) is 12.1 Å². The van der Waals surface area contributed by atoms with E-state index in [1.165, 1.54) is 0 Å². The van der Waals surface area contributed by atoms with E-state index >= 15 is 0 Å². The minimum Gasteiger partial charge on any atom is -0.352 e. The monoisotopic (exact) mass is 425 g/mol. The molecule has 150 valence electrons. The lowest BCUT2D eigenvalue weighted by molar-refractivity contribution is 0.272. The van der Waals surface area contributed by atoms with Crippen LogP contribution in [0.3, 0.4) is 0 Å². The smallest absolute Gasteiger partial charge is 0.170 e. The van der Waals surface area contributed by atoms with E-state index in [1.807, 2.05) is 36.5 Å². The molecule has 0 amide bonds. The summed E-state index contributed by atoms with van der Waals surface area (Å²) in [6.45, 7) is 1.73. The molecule has 1 aliphatic rings. The van der Waals surface area contributed by atoms with Gasteiger partial charge in [-0.25, -0.2) is 0 Å². The predicted octanol–water partition coefficient (Wildman–Crippen LogP) is 4.06.